The number of thiol groups is 1. The number of benzene rings is 1. The number of carboxylic acid groups (broad SMARTS) is 2. The van der Waals surface area contributed by atoms with E-state index in [9.17, 15) is 34.2 Å². The Morgan fingerprint density at radius 3 is 1.97 bits per heavy atom. The van der Waals surface area contributed by atoms with Crippen LogP contribution in [0.3, 0.4) is 0 Å². The third-order valence-corrected chi connectivity index (χ3v) is 5.40. The van der Waals surface area contributed by atoms with Crippen LogP contribution in [0.25, 0.3) is 0 Å². The topological polar surface area (TPSA) is 214 Å². The number of nitrogens with one attached hydrogen (secondary N) is 3. The Morgan fingerprint density at radius 2 is 1.43 bits per heavy atom. The van der Waals surface area contributed by atoms with Crippen LogP contribution in [0.5, 0.6) is 0 Å². The number of carbonyl (C=O) groups is 5. The Bertz CT molecular complexity index is 871. The largest absolute Gasteiger partial charge is 0.481 e. The van der Waals surface area contributed by atoms with E-state index in [1.165, 1.54) is 0 Å². The lowest BCUT2D eigenvalue weighted by molar-refractivity contribution is -0.142. The quantitative estimate of drug-likeness (QED) is 0.0969. The molecule has 0 aliphatic rings. The highest BCUT2D eigenvalue weighted by Gasteiger charge is 2.31. The van der Waals surface area contributed by atoms with Crippen LogP contribution in [0.15, 0.2) is 30.3 Å². The summed E-state index contributed by atoms with van der Waals surface area (Å²) in [5, 5.41) is 25.5. The van der Waals surface area contributed by atoms with E-state index in [-0.39, 0.29) is 12.2 Å². The van der Waals surface area contributed by atoms with Gasteiger partial charge in [0.25, 0.3) is 0 Å². The zero-order valence-corrected chi connectivity index (χ0v) is 20.1. The first-order chi connectivity index (χ1) is 16.6. The number of rotatable bonds is 16. The molecule has 4 atom stereocenters. The minimum atomic E-state index is -1.51. The van der Waals surface area contributed by atoms with Gasteiger partial charge < -0.3 is 37.6 Å². The number of aliphatic carboxylic acids is 2. The summed E-state index contributed by atoms with van der Waals surface area (Å²) < 4.78 is 0. The van der Waals surface area contributed by atoms with Gasteiger partial charge in [0.05, 0.1) is 12.5 Å². The monoisotopic (exact) mass is 511 g/mol. The van der Waals surface area contributed by atoms with Gasteiger partial charge >= 0.3 is 11.9 Å². The van der Waals surface area contributed by atoms with Crippen LogP contribution < -0.4 is 27.4 Å². The number of nitrogens with two attached hydrogens (primary N) is 2. The minimum Gasteiger partial charge on any atom is -0.481 e. The summed E-state index contributed by atoms with van der Waals surface area (Å²) in [6.07, 6.45) is 0.768. The number of carboxylic acids is 2. The lowest BCUT2D eigenvalue weighted by Gasteiger charge is -2.24. The summed E-state index contributed by atoms with van der Waals surface area (Å²) in [5.74, 6) is -5.29. The van der Waals surface area contributed by atoms with Gasteiger partial charge in [0, 0.05) is 12.2 Å². The van der Waals surface area contributed by atoms with Crippen LogP contribution >= 0.6 is 12.6 Å². The molecule has 0 radical (unpaired) electrons. The highest BCUT2D eigenvalue weighted by molar-refractivity contribution is 7.80. The smallest absolute Gasteiger partial charge is 0.327 e. The normalized spacial score (nSPS) is 14.1. The fraction of sp³-hybridized carbons (Fsp3) is 0.500. The maximum atomic E-state index is 12.9. The van der Waals surface area contributed by atoms with Crippen molar-refractivity contribution >= 4 is 42.3 Å². The first-order valence-corrected chi connectivity index (χ1v) is 11.7. The van der Waals surface area contributed by atoms with Gasteiger partial charge in [0.2, 0.25) is 17.7 Å². The number of amides is 3. The molecule has 1 aromatic carbocycles. The summed E-state index contributed by atoms with van der Waals surface area (Å²) in [4.78, 5) is 60.8. The Labute approximate surface area is 208 Å². The third kappa shape index (κ3) is 11.2. The zero-order valence-electron chi connectivity index (χ0n) is 19.2. The summed E-state index contributed by atoms with van der Waals surface area (Å²) in [6, 6.07) is 3.58. The second-order valence-electron chi connectivity index (χ2n) is 7.88. The molecular formula is C22H33N5O7S. The average molecular weight is 512 g/mol. The van der Waals surface area contributed by atoms with Crippen molar-refractivity contribution in [1.82, 2.24) is 16.0 Å². The van der Waals surface area contributed by atoms with Gasteiger partial charge in [-0.05, 0) is 24.9 Å². The molecule has 35 heavy (non-hydrogen) atoms. The highest BCUT2D eigenvalue weighted by Crippen LogP contribution is 2.06. The SMILES string of the molecule is NCCCCC(N)C(=O)NC(CC(=O)O)C(=O)NC(Cc1ccccc1)C(=O)NC(CS)C(=O)O. The first-order valence-electron chi connectivity index (χ1n) is 11.0. The van der Waals surface area contributed by atoms with Crippen LogP contribution in [-0.2, 0) is 30.4 Å². The van der Waals surface area contributed by atoms with Crippen molar-refractivity contribution < 1.29 is 34.2 Å². The van der Waals surface area contributed by atoms with Gasteiger partial charge in [-0.2, -0.15) is 12.6 Å². The number of hydrogen-bond acceptors (Lipinski definition) is 8. The fourth-order valence-corrected chi connectivity index (χ4v) is 3.34. The molecule has 0 saturated heterocycles. The molecule has 0 saturated carbocycles. The number of hydrogen-bond donors (Lipinski definition) is 8. The van der Waals surface area contributed by atoms with Crippen molar-refractivity contribution in [3.63, 3.8) is 0 Å². The third-order valence-electron chi connectivity index (χ3n) is 5.03. The first kappa shape index (κ1) is 29.9. The fourth-order valence-electron chi connectivity index (χ4n) is 3.09. The molecule has 3 amide bonds. The Hall–Kier alpha value is -3.16. The average Bonchev–Trinajstić information content (AvgIpc) is 2.81. The molecule has 0 bridgehead atoms. The van der Waals surface area contributed by atoms with E-state index in [0.29, 0.717) is 31.4 Å². The van der Waals surface area contributed by atoms with Gasteiger partial charge in [-0.15, -0.1) is 0 Å². The highest BCUT2D eigenvalue weighted by atomic mass is 32.1. The predicted molar refractivity (Wildman–Crippen MR) is 131 cm³/mol. The standard InChI is InChI=1S/C22H33N5O7S/c23-9-5-4-8-14(24)19(30)25-16(11-18(28)29)21(32)26-15(10-13-6-2-1-3-7-13)20(31)27-17(12-35)22(33)34/h1-3,6-7,14-17,35H,4-5,8-12,23-24H2,(H,25,30)(H,26,32)(H,27,31)(H,28,29)(H,33,34). The van der Waals surface area contributed by atoms with E-state index >= 15 is 0 Å². The molecular weight excluding hydrogens is 478 g/mol. The lowest BCUT2D eigenvalue weighted by atomic mass is 10.0. The second-order valence-corrected chi connectivity index (χ2v) is 8.25. The van der Waals surface area contributed by atoms with Crippen molar-refractivity contribution in [1.29, 1.82) is 0 Å². The van der Waals surface area contributed by atoms with Crippen molar-refractivity contribution in [2.24, 2.45) is 11.5 Å². The predicted octanol–water partition coefficient (Wildman–Crippen LogP) is -1.37. The zero-order chi connectivity index (χ0) is 26.4. The van der Waals surface area contributed by atoms with Gasteiger partial charge in [0.15, 0.2) is 0 Å². The molecule has 0 spiro atoms. The second kappa shape index (κ2) is 15.7. The van der Waals surface area contributed by atoms with E-state index in [1.807, 2.05) is 0 Å². The molecule has 0 heterocycles. The Kier molecular flexibility index (Phi) is 13.4. The molecule has 1 aromatic rings. The van der Waals surface area contributed by atoms with Crippen molar-refractivity contribution in [2.75, 3.05) is 12.3 Å². The summed E-state index contributed by atoms with van der Waals surface area (Å²) >= 11 is 3.91. The van der Waals surface area contributed by atoms with Gasteiger partial charge in [-0.1, -0.05) is 36.8 Å². The molecule has 0 aliphatic carbocycles. The van der Waals surface area contributed by atoms with Crippen LogP contribution in [0.1, 0.15) is 31.2 Å². The van der Waals surface area contributed by atoms with Crippen LogP contribution in [0, 0.1) is 0 Å². The van der Waals surface area contributed by atoms with Crippen LogP contribution in [0.4, 0.5) is 0 Å². The Balaban J connectivity index is 3.03. The van der Waals surface area contributed by atoms with Gasteiger partial charge in [-0.3, -0.25) is 19.2 Å². The molecule has 0 fully saturated rings. The molecule has 1 rings (SSSR count). The van der Waals surface area contributed by atoms with Crippen LogP contribution in [-0.4, -0.2) is 76.3 Å². The van der Waals surface area contributed by atoms with Gasteiger partial charge in [-0.25, -0.2) is 4.79 Å². The minimum absolute atomic E-state index is 0.0103. The molecule has 12 nitrogen and oxygen atoms in total. The van der Waals surface area contributed by atoms with E-state index in [1.54, 1.807) is 30.3 Å². The van der Waals surface area contributed by atoms with Crippen LogP contribution in [0.2, 0.25) is 0 Å². The summed E-state index contributed by atoms with van der Waals surface area (Å²) in [6.45, 7) is 0.430. The number of unbranched alkanes of at least 4 members (excludes halogenated alkanes) is 1. The lowest BCUT2D eigenvalue weighted by Crippen LogP contribution is -2.58. The van der Waals surface area contributed by atoms with Crippen molar-refractivity contribution in [3.05, 3.63) is 35.9 Å². The molecule has 194 valence electrons. The number of carbonyl (C=O) groups excluding carboxylic acids is 3. The molecule has 0 aliphatic heterocycles. The molecule has 13 heteroatoms. The van der Waals surface area contributed by atoms with E-state index in [2.05, 4.69) is 28.6 Å². The van der Waals surface area contributed by atoms with E-state index < -0.39 is 60.2 Å². The molecule has 9 N–H and O–H groups in total. The van der Waals surface area contributed by atoms with Gasteiger partial charge in [0.1, 0.15) is 18.1 Å². The van der Waals surface area contributed by atoms with E-state index in [4.69, 9.17) is 11.5 Å². The van der Waals surface area contributed by atoms with Crippen molar-refractivity contribution in [3.8, 4) is 0 Å². The molecule has 0 aromatic heterocycles. The summed E-state index contributed by atoms with van der Waals surface area (Å²) in [7, 11) is 0. The maximum absolute atomic E-state index is 12.9. The van der Waals surface area contributed by atoms with Crippen molar-refractivity contribution in [2.45, 2.75) is 56.3 Å². The summed E-state index contributed by atoms with van der Waals surface area (Å²) in [5.41, 5.74) is 11.9. The Morgan fingerprint density at radius 1 is 0.857 bits per heavy atom. The van der Waals surface area contributed by atoms with E-state index in [0.717, 1.165) is 0 Å². The maximum Gasteiger partial charge on any atom is 0.327 e. The molecule has 4 unspecified atom stereocenters.